The quantitative estimate of drug-likeness (QED) is 0.847. The molecule has 2 amide bonds. The summed E-state index contributed by atoms with van der Waals surface area (Å²) in [4.78, 5) is 28.0. The van der Waals surface area contributed by atoms with Crippen LogP contribution in [0.4, 0.5) is 5.69 Å². The average molecular weight is 289 g/mol. The molecule has 2 heterocycles. The second kappa shape index (κ2) is 6.13. The average Bonchev–Trinajstić information content (AvgIpc) is 2.68. The van der Waals surface area contributed by atoms with E-state index in [0.717, 1.165) is 13.1 Å². The molecule has 0 spiro atoms. The Balaban J connectivity index is 1.79. The molecule has 0 aliphatic carbocycles. The van der Waals surface area contributed by atoms with E-state index in [2.05, 4.69) is 5.32 Å². The van der Waals surface area contributed by atoms with Crippen LogP contribution in [0.1, 0.15) is 6.42 Å². The molecule has 3 rings (SSSR count). The maximum Gasteiger partial charge on any atom is 0.242 e. The molecule has 0 radical (unpaired) electrons. The summed E-state index contributed by atoms with van der Waals surface area (Å²) in [6, 6.07) is 7.37. The third kappa shape index (κ3) is 3.00. The van der Waals surface area contributed by atoms with Gasteiger partial charge in [-0.3, -0.25) is 14.5 Å². The van der Waals surface area contributed by atoms with Crippen molar-refractivity contribution in [3.05, 3.63) is 24.3 Å². The molecule has 21 heavy (non-hydrogen) atoms. The number of carbonyl (C=O) groups is 2. The molecule has 1 N–H and O–H groups in total. The molecule has 1 fully saturated rings. The molecule has 6 heteroatoms. The Morgan fingerprint density at radius 2 is 2.00 bits per heavy atom. The number of fused-ring (bicyclic) bond motifs is 1. The maximum absolute atomic E-state index is 12.4. The molecule has 0 aromatic heterocycles. The molecule has 1 aromatic carbocycles. The Morgan fingerprint density at radius 1 is 1.24 bits per heavy atom. The summed E-state index contributed by atoms with van der Waals surface area (Å²) < 4.78 is 5.58. The number of rotatable bonds is 2. The van der Waals surface area contributed by atoms with Gasteiger partial charge in [0.1, 0.15) is 12.3 Å². The van der Waals surface area contributed by atoms with Crippen LogP contribution in [0.25, 0.3) is 0 Å². The number of piperazine rings is 1. The lowest BCUT2D eigenvalue weighted by Crippen LogP contribution is -2.50. The number of hydrogen-bond donors (Lipinski definition) is 1. The van der Waals surface area contributed by atoms with Crippen molar-refractivity contribution >= 4 is 17.5 Å². The van der Waals surface area contributed by atoms with E-state index < -0.39 is 0 Å². The summed E-state index contributed by atoms with van der Waals surface area (Å²) in [5.41, 5.74) is 0.684. The van der Waals surface area contributed by atoms with Gasteiger partial charge in [0, 0.05) is 26.2 Å². The standard InChI is InChI=1S/C15H19N3O3/c19-14-5-10-21-13-4-2-1-3-12(13)18(14)11-15(20)17-8-6-16-7-9-17/h1-4,16H,5-11H2. The molecule has 2 aliphatic heterocycles. The van der Waals surface area contributed by atoms with Gasteiger partial charge in [-0.25, -0.2) is 0 Å². The fourth-order valence-corrected chi connectivity index (χ4v) is 2.64. The van der Waals surface area contributed by atoms with Crippen LogP contribution in [0, 0.1) is 0 Å². The van der Waals surface area contributed by atoms with Crippen molar-refractivity contribution in [2.45, 2.75) is 6.42 Å². The second-order valence-corrected chi connectivity index (χ2v) is 5.18. The normalized spacial score (nSPS) is 18.8. The van der Waals surface area contributed by atoms with Gasteiger partial charge in [0.2, 0.25) is 11.8 Å². The Bertz CT molecular complexity index is 541. The molecule has 112 valence electrons. The first-order chi connectivity index (χ1) is 10.3. The number of carbonyl (C=O) groups excluding carboxylic acids is 2. The van der Waals surface area contributed by atoms with Gasteiger partial charge in [-0.05, 0) is 12.1 Å². The summed E-state index contributed by atoms with van der Waals surface area (Å²) in [6.07, 6.45) is 0.295. The Morgan fingerprint density at radius 3 is 2.81 bits per heavy atom. The Hall–Kier alpha value is -2.08. The zero-order valence-corrected chi connectivity index (χ0v) is 11.9. The van der Waals surface area contributed by atoms with E-state index in [9.17, 15) is 9.59 Å². The number of hydrogen-bond acceptors (Lipinski definition) is 4. The number of anilines is 1. The van der Waals surface area contributed by atoms with Gasteiger partial charge < -0.3 is 15.0 Å². The van der Waals surface area contributed by atoms with E-state index >= 15 is 0 Å². The monoisotopic (exact) mass is 289 g/mol. The minimum Gasteiger partial charge on any atom is -0.491 e. The van der Waals surface area contributed by atoms with Gasteiger partial charge in [0.15, 0.2) is 0 Å². The van der Waals surface area contributed by atoms with Gasteiger partial charge in [-0.1, -0.05) is 12.1 Å². The lowest BCUT2D eigenvalue weighted by atomic mass is 10.2. The smallest absolute Gasteiger partial charge is 0.242 e. The zero-order valence-electron chi connectivity index (χ0n) is 11.9. The third-order valence-electron chi connectivity index (χ3n) is 3.79. The maximum atomic E-state index is 12.4. The van der Waals surface area contributed by atoms with Crippen LogP contribution >= 0.6 is 0 Å². The summed E-state index contributed by atoms with van der Waals surface area (Å²) in [5, 5.41) is 3.21. The molecule has 0 bridgehead atoms. The Kier molecular flexibility index (Phi) is 4.06. The molecular weight excluding hydrogens is 270 g/mol. The lowest BCUT2D eigenvalue weighted by molar-refractivity contribution is -0.131. The Labute approximate surface area is 123 Å². The molecule has 0 unspecified atom stereocenters. The molecule has 1 saturated heterocycles. The number of ether oxygens (including phenoxy) is 1. The highest BCUT2D eigenvalue weighted by molar-refractivity contribution is 6.00. The van der Waals surface area contributed by atoms with Crippen molar-refractivity contribution in [1.82, 2.24) is 10.2 Å². The largest absolute Gasteiger partial charge is 0.491 e. The minimum atomic E-state index is -0.0663. The highest BCUT2D eigenvalue weighted by atomic mass is 16.5. The molecule has 0 saturated carbocycles. The van der Waals surface area contributed by atoms with Gasteiger partial charge in [0.25, 0.3) is 0 Å². The van der Waals surface area contributed by atoms with Crippen molar-refractivity contribution in [3.8, 4) is 5.75 Å². The van der Waals surface area contributed by atoms with E-state index in [-0.39, 0.29) is 18.4 Å². The molecule has 6 nitrogen and oxygen atoms in total. The fourth-order valence-electron chi connectivity index (χ4n) is 2.64. The summed E-state index contributed by atoms with van der Waals surface area (Å²) in [7, 11) is 0. The predicted octanol–water partition coefficient (Wildman–Crippen LogP) is 0.234. The number of amides is 2. The number of benzene rings is 1. The third-order valence-corrected chi connectivity index (χ3v) is 3.79. The minimum absolute atomic E-state index is 0.0125. The number of nitrogens with one attached hydrogen (secondary N) is 1. The van der Waals surface area contributed by atoms with Crippen LogP contribution in [0.5, 0.6) is 5.75 Å². The first-order valence-corrected chi connectivity index (χ1v) is 7.26. The van der Waals surface area contributed by atoms with Crippen molar-refractivity contribution in [2.75, 3.05) is 44.2 Å². The fraction of sp³-hybridized carbons (Fsp3) is 0.467. The lowest BCUT2D eigenvalue weighted by Gasteiger charge is -2.30. The summed E-state index contributed by atoms with van der Waals surface area (Å²) >= 11 is 0. The van der Waals surface area contributed by atoms with Crippen LogP contribution in [-0.4, -0.2) is 56.0 Å². The van der Waals surface area contributed by atoms with Gasteiger partial charge in [-0.2, -0.15) is 0 Å². The first kappa shape index (κ1) is 13.9. The molecule has 2 aliphatic rings. The van der Waals surface area contributed by atoms with Gasteiger partial charge in [0.05, 0.1) is 18.7 Å². The van der Waals surface area contributed by atoms with E-state index in [1.54, 1.807) is 9.80 Å². The van der Waals surface area contributed by atoms with Crippen LogP contribution < -0.4 is 15.0 Å². The topological polar surface area (TPSA) is 61.9 Å². The summed E-state index contributed by atoms with van der Waals surface area (Å²) in [5.74, 6) is 0.585. The van der Waals surface area contributed by atoms with Crippen molar-refractivity contribution < 1.29 is 14.3 Å². The highest BCUT2D eigenvalue weighted by Gasteiger charge is 2.27. The number of nitrogens with zero attached hydrogens (tertiary/aromatic N) is 2. The van der Waals surface area contributed by atoms with Crippen LogP contribution in [0.3, 0.4) is 0 Å². The van der Waals surface area contributed by atoms with Crippen molar-refractivity contribution in [1.29, 1.82) is 0 Å². The zero-order chi connectivity index (χ0) is 14.7. The van der Waals surface area contributed by atoms with Crippen LogP contribution in [-0.2, 0) is 9.59 Å². The SMILES string of the molecule is O=C(CN1C(=O)CCOc2ccccc21)N1CCNCC1. The van der Waals surface area contributed by atoms with Crippen molar-refractivity contribution in [3.63, 3.8) is 0 Å². The van der Waals surface area contributed by atoms with E-state index in [1.165, 1.54) is 0 Å². The summed E-state index contributed by atoms with van der Waals surface area (Å²) in [6.45, 7) is 3.43. The molecule has 1 aromatic rings. The number of para-hydroxylation sites is 2. The van der Waals surface area contributed by atoms with E-state index in [1.807, 2.05) is 24.3 Å². The molecular formula is C15H19N3O3. The predicted molar refractivity (Wildman–Crippen MR) is 78.4 cm³/mol. The van der Waals surface area contributed by atoms with Gasteiger partial charge in [-0.15, -0.1) is 0 Å². The van der Waals surface area contributed by atoms with Gasteiger partial charge >= 0.3 is 0 Å². The van der Waals surface area contributed by atoms with Crippen LogP contribution in [0.15, 0.2) is 24.3 Å². The van der Waals surface area contributed by atoms with Crippen molar-refractivity contribution in [2.24, 2.45) is 0 Å². The first-order valence-electron chi connectivity index (χ1n) is 7.26. The molecule has 0 atom stereocenters. The van der Waals surface area contributed by atoms with E-state index in [4.69, 9.17) is 4.74 Å². The highest BCUT2D eigenvalue weighted by Crippen LogP contribution is 2.30. The van der Waals surface area contributed by atoms with E-state index in [0.29, 0.717) is 37.6 Å². The van der Waals surface area contributed by atoms with Crippen LogP contribution in [0.2, 0.25) is 0 Å². The second-order valence-electron chi connectivity index (χ2n) is 5.18.